The van der Waals surface area contributed by atoms with Crippen LogP contribution in [0.15, 0.2) is 18.3 Å². The number of pyridine rings is 1. The molecule has 3 rings (SSSR count). The second-order valence-electron chi connectivity index (χ2n) is 4.63. The Hall–Kier alpha value is -0.800. The van der Waals surface area contributed by atoms with Crippen LogP contribution in [0.5, 0.6) is 5.75 Å². The number of aryl methyl sites for hydroxylation is 1. The van der Waals surface area contributed by atoms with Gasteiger partial charge in [0.1, 0.15) is 11.9 Å². The molecule has 2 bridgehead atoms. The van der Waals surface area contributed by atoms with Crippen molar-refractivity contribution in [2.75, 3.05) is 13.1 Å². The van der Waals surface area contributed by atoms with Crippen molar-refractivity contribution in [3.05, 3.63) is 24.0 Å². The van der Waals surface area contributed by atoms with Gasteiger partial charge in [0.2, 0.25) is 0 Å². The second-order valence-corrected chi connectivity index (χ2v) is 4.63. The first-order chi connectivity index (χ1) is 7.33. The smallest absolute Gasteiger partial charge is 0.123 e. The molecule has 88 valence electrons. The normalized spacial score (nSPS) is 31.2. The number of rotatable bonds is 2. The van der Waals surface area contributed by atoms with Crippen LogP contribution < -0.4 is 10.1 Å². The first-order valence-electron chi connectivity index (χ1n) is 5.63. The van der Waals surface area contributed by atoms with E-state index in [4.69, 9.17) is 4.74 Å². The molecule has 2 fully saturated rings. The Morgan fingerprint density at radius 1 is 1.38 bits per heavy atom. The lowest BCUT2D eigenvalue weighted by atomic mass is 9.69. The average Bonchev–Trinajstić information content (AvgIpc) is 2.27. The molecule has 4 heteroatoms. The average molecular weight is 241 g/mol. The number of ether oxygens (including phenoxy) is 1. The van der Waals surface area contributed by atoms with E-state index in [0.29, 0.717) is 6.10 Å². The molecule has 16 heavy (non-hydrogen) atoms. The van der Waals surface area contributed by atoms with Crippen LogP contribution in [0.3, 0.4) is 0 Å². The number of fused-ring (bicyclic) bond motifs is 2. The Morgan fingerprint density at radius 2 is 2.12 bits per heavy atom. The van der Waals surface area contributed by atoms with Crippen molar-refractivity contribution in [3.63, 3.8) is 0 Å². The van der Waals surface area contributed by atoms with Crippen LogP contribution in [0.1, 0.15) is 12.1 Å². The van der Waals surface area contributed by atoms with Crippen LogP contribution in [0.2, 0.25) is 0 Å². The largest absolute Gasteiger partial charge is 0.490 e. The fourth-order valence-electron chi connectivity index (χ4n) is 2.64. The fraction of sp³-hybridized carbons (Fsp3) is 0.583. The molecule has 3 atom stereocenters. The monoisotopic (exact) mass is 240 g/mol. The highest BCUT2D eigenvalue weighted by Gasteiger charge is 2.45. The Balaban J connectivity index is 0.000000963. The van der Waals surface area contributed by atoms with Gasteiger partial charge < -0.3 is 10.1 Å². The van der Waals surface area contributed by atoms with Gasteiger partial charge in [-0.15, -0.1) is 12.4 Å². The maximum absolute atomic E-state index is 6.02. The van der Waals surface area contributed by atoms with Gasteiger partial charge in [-0.25, -0.2) is 0 Å². The first-order valence-corrected chi connectivity index (χ1v) is 5.63. The number of halogens is 1. The van der Waals surface area contributed by atoms with Crippen molar-refractivity contribution in [3.8, 4) is 5.75 Å². The van der Waals surface area contributed by atoms with Gasteiger partial charge >= 0.3 is 0 Å². The predicted octanol–water partition coefficient (Wildman–Crippen LogP) is 1.80. The van der Waals surface area contributed by atoms with Crippen molar-refractivity contribution in [1.82, 2.24) is 10.3 Å². The molecule has 1 saturated heterocycles. The molecule has 3 nitrogen and oxygen atoms in total. The molecule has 1 aliphatic carbocycles. The zero-order valence-electron chi connectivity index (χ0n) is 9.35. The molecule has 1 aromatic rings. The van der Waals surface area contributed by atoms with Gasteiger partial charge in [0.05, 0.1) is 0 Å². The van der Waals surface area contributed by atoms with Gasteiger partial charge in [-0.2, -0.15) is 0 Å². The number of hydrogen-bond donors (Lipinski definition) is 1. The summed E-state index contributed by atoms with van der Waals surface area (Å²) in [4.78, 5) is 4.17. The second kappa shape index (κ2) is 4.60. The molecule has 1 aliphatic heterocycles. The number of piperidine rings is 2. The van der Waals surface area contributed by atoms with E-state index < -0.39 is 0 Å². The molecule has 2 aliphatic rings. The molecule has 1 aromatic heterocycles. The summed E-state index contributed by atoms with van der Waals surface area (Å²) in [6.45, 7) is 4.23. The summed E-state index contributed by atoms with van der Waals surface area (Å²) < 4.78 is 6.02. The van der Waals surface area contributed by atoms with Gasteiger partial charge in [-0.3, -0.25) is 4.98 Å². The van der Waals surface area contributed by atoms with Gasteiger partial charge in [-0.05, 0) is 19.4 Å². The molecular weight excluding hydrogens is 224 g/mol. The van der Waals surface area contributed by atoms with Crippen LogP contribution in [0.25, 0.3) is 0 Å². The molecule has 0 amide bonds. The third-order valence-corrected chi connectivity index (χ3v) is 3.49. The van der Waals surface area contributed by atoms with E-state index in [0.717, 1.165) is 36.4 Å². The highest BCUT2D eigenvalue weighted by atomic mass is 35.5. The maximum Gasteiger partial charge on any atom is 0.123 e. The topological polar surface area (TPSA) is 34.1 Å². The number of nitrogens with one attached hydrogen (secondary N) is 1. The fourth-order valence-corrected chi connectivity index (χ4v) is 2.64. The summed E-state index contributed by atoms with van der Waals surface area (Å²) in [5, 5.41) is 3.42. The van der Waals surface area contributed by atoms with Crippen LogP contribution in [0, 0.1) is 18.8 Å². The zero-order valence-corrected chi connectivity index (χ0v) is 10.2. The minimum atomic E-state index is 0. The minimum absolute atomic E-state index is 0. The van der Waals surface area contributed by atoms with E-state index in [9.17, 15) is 0 Å². The molecule has 1 unspecified atom stereocenters. The molecule has 0 aromatic carbocycles. The molecular formula is C12H17ClN2O. The van der Waals surface area contributed by atoms with Crippen molar-refractivity contribution in [2.24, 2.45) is 11.8 Å². The number of aromatic nitrogens is 1. The van der Waals surface area contributed by atoms with E-state index in [1.165, 1.54) is 6.42 Å². The molecule has 0 radical (unpaired) electrons. The third-order valence-electron chi connectivity index (χ3n) is 3.49. The van der Waals surface area contributed by atoms with E-state index in [1.807, 2.05) is 25.3 Å². The predicted molar refractivity (Wildman–Crippen MR) is 65.1 cm³/mol. The Labute approximate surface area is 102 Å². The van der Waals surface area contributed by atoms with Crippen molar-refractivity contribution >= 4 is 12.4 Å². The summed E-state index contributed by atoms with van der Waals surface area (Å²) in [7, 11) is 0. The molecule has 2 heterocycles. The van der Waals surface area contributed by atoms with E-state index in [1.54, 1.807) is 0 Å². The van der Waals surface area contributed by atoms with Crippen molar-refractivity contribution in [1.29, 1.82) is 0 Å². The highest BCUT2D eigenvalue weighted by molar-refractivity contribution is 5.85. The van der Waals surface area contributed by atoms with E-state index in [-0.39, 0.29) is 12.4 Å². The minimum Gasteiger partial charge on any atom is -0.490 e. The third kappa shape index (κ3) is 2.02. The van der Waals surface area contributed by atoms with Gasteiger partial charge in [0.15, 0.2) is 0 Å². The van der Waals surface area contributed by atoms with Crippen molar-refractivity contribution in [2.45, 2.75) is 19.4 Å². The number of hydrogen-bond acceptors (Lipinski definition) is 3. The molecule has 0 spiro atoms. The summed E-state index contributed by atoms with van der Waals surface area (Å²) in [6, 6.07) is 3.97. The Bertz CT molecular complexity index is 358. The maximum atomic E-state index is 6.02. The molecule has 1 N–H and O–H groups in total. The van der Waals surface area contributed by atoms with Gasteiger partial charge in [0, 0.05) is 42.9 Å². The Kier molecular flexibility index (Phi) is 3.36. The van der Waals surface area contributed by atoms with Gasteiger partial charge in [-0.1, -0.05) is 0 Å². The first kappa shape index (κ1) is 11.7. The highest BCUT2D eigenvalue weighted by Crippen LogP contribution is 2.39. The summed E-state index contributed by atoms with van der Waals surface area (Å²) in [5.41, 5.74) is 1.02. The summed E-state index contributed by atoms with van der Waals surface area (Å²) >= 11 is 0. The van der Waals surface area contributed by atoms with Gasteiger partial charge in [0.25, 0.3) is 0 Å². The SMILES string of the molecule is Cc1cc(OC2[C@@H]3CNC[C@H]2C3)ccn1.Cl. The van der Waals surface area contributed by atoms with Crippen LogP contribution in [0.4, 0.5) is 0 Å². The van der Waals surface area contributed by atoms with E-state index >= 15 is 0 Å². The van der Waals surface area contributed by atoms with Crippen LogP contribution in [-0.4, -0.2) is 24.2 Å². The number of nitrogens with zero attached hydrogens (tertiary/aromatic N) is 1. The lowest BCUT2D eigenvalue weighted by Crippen LogP contribution is -2.59. The lowest BCUT2D eigenvalue weighted by molar-refractivity contribution is -0.0446. The summed E-state index contributed by atoms with van der Waals surface area (Å²) in [5.74, 6) is 2.42. The van der Waals surface area contributed by atoms with Crippen LogP contribution in [-0.2, 0) is 0 Å². The Morgan fingerprint density at radius 3 is 2.75 bits per heavy atom. The lowest BCUT2D eigenvalue weighted by Gasteiger charge is -2.49. The molecule has 1 saturated carbocycles. The summed E-state index contributed by atoms with van der Waals surface area (Å²) in [6.07, 6.45) is 3.59. The standard InChI is InChI=1S/C12H16N2O.ClH/c1-8-4-11(2-3-14-8)15-12-9-5-10(12)7-13-6-9;/h2-4,9-10,12-13H,5-7H2,1H3;1H/t9-,10+,12?;. The van der Waals surface area contributed by atoms with Crippen molar-refractivity contribution < 1.29 is 4.74 Å². The van der Waals surface area contributed by atoms with E-state index in [2.05, 4.69) is 10.3 Å². The quantitative estimate of drug-likeness (QED) is 0.856. The zero-order chi connectivity index (χ0) is 10.3. The van der Waals surface area contributed by atoms with Crippen LogP contribution >= 0.6 is 12.4 Å².